The third-order valence-corrected chi connectivity index (χ3v) is 4.48. The zero-order chi connectivity index (χ0) is 19.6. The Labute approximate surface area is 158 Å². The Balaban J connectivity index is 1.70. The monoisotopic (exact) mass is 369 g/mol. The van der Waals surface area contributed by atoms with Crippen molar-refractivity contribution >= 4 is 24.0 Å². The van der Waals surface area contributed by atoms with Crippen molar-refractivity contribution in [3.05, 3.63) is 41.5 Å². The van der Waals surface area contributed by atoms with E-state index in [-0.39, 0.29) is 6.04 Å². The average Bonchev–Trinajstić information content (AvgIpc) is 2.67. The molecule has 0 spiro atoms. The van der Waals surface area contributed by atoms with E-state index in [0.717, 1.165) is 31.2 Å². The summed E-state index contributed by atoms with van der Waals surface area (Å²) in [5.41, 5.74) is 1.24. The van der Waals surface area contributed by atoms with E-state index < -0.39 is 24.5 Å². The van der Waals surface area contributed by atoms with Crippen molar-refractivity contribution in [3.63, 3.8) is 0 Å². The van der Waals surface area contributed by atoms with Crippen LogP contribution in [-0.4, -0.2) is 30.6 Å². The van der Waals surface area contributed by atoms with Crippen LogP contribution >= 0.6 is 0 Å². The molecule has 2 N–H and O–H groups in total. The van der Waals surface area contributed by atoms with Crippen LogP contribution in [0.2, 0.25) is 0 Å². The molecule has 7 heteroatoms. The minimum Gasteiger partial charge on any atom is -0.452 e. The fourth-order valence-electron chi connectivity index (χ4n) is 2.92. The molecule has 1 fully saturated rings. The van der Waals surface area contributed by atoms with Crippen LogP contribution in [0.3, 0.4) is 0 Å². The molecule has 1 saturated carbocycles. The maximum absolute atomic E-state index is 11.9. The lowest BCUT2D eigenvalue weighted by atomic mass is 9.86. The smallest absolute Gasteiger partial charge is 0.331 e. The number of nitrogens with zero attached hydrogens (tertiary/aromatic N) is 1. The van der Waals surface area contributed by atoms with Crippen LogP contribution in [0.4, 0.5) is 4.79 Å². The van der Waals surface area contributed by atoms with E-state index in [4.69, 9.17) is 10.00 Å². The van der Waals surface area contributed by atoms with Crippen molar-refractivity contribution in [2.24, 2.45) is 5.92 Å². The van der Waals surface area contributed by atoms with Crippen molar-refractivity contribution in [2.75, 3.05) is 6.61 Å². The molecule has 0 radical (unpaired) electrons. The highest BCUT2D eigenvalue weighted by Gasteiger charge is 2.23. The summed E-state index contributed by atoms with van der Waals surface area (Å²) >= 11 is 0. The van der Waals surface area contributed by atoms with Gasteiger partial charge in [0, 0.05) is 12.1 Å². The lowest BCUT2D eigenvalue weighted by Crippen LogP contribution is -2.48. The van der Waals surface area contributed by atoms with Gasteiger partial charge in [-0.3, -0.25) is 10.1 Å². The summed E-state index contributed by atoms with van der Waals surface area (Å²) in [5.74, 6) is -1.00. The number of benzene rings is 1. The third kappa shape index (κ3) is 6.94. The molecule has 0 aromatic heterocycles. The molecule has 1 aromatic carbocycles. The molecular weight excluding hydrogens is 346 g/mol. The summed E-state index contributed by atoms with van der Waals surface area (Å²) in [6.45, 7) is 1.54. The van der Waals surface area contributed by atoms with E-state index >= 15 is 0 Å². The van der Waals surface area contributed by atoms with Gasteiger partial charge in [-0.2, -0.15) is 5.26 Å². The molecule has 1 aromatic rings. The van der Waals surface area contributed by atoms with Crippen LogP contribution in [0.1, 0.15) is 43.7 Å². The van der Waals surface area contributed by atoms with Gasteiger partial charge in [0.25, 0.3) is 5.91 Å². The molecular formula is C20H23N3O4. The van der Waals surface area contributed by atoms with E-state index in [2.05, 4.69) is 17.6 Å². The minimum atomic E-state index is -0.698. The summed E-state index contributed by atoms with van der Waals surface area (Å²) in [5, 5.41) is 13.7. The third-order valence-electron chi connectivity index (χ3n) is 4.48. The number of imide groups is 1. The molecule has 142 valence electrons. The van der Waals surface area contributed by atoms with Gasteiger partial charge in [0.2, 0.25) is 0 Å². The van der Waals surface area contributed by atoms with Gasteiger partial charge in [-0.15, -0.1) is 0 Å². The molecule has 3 amide bonds. The predicted octanol–water partition coefficient (Wildman–Crippen LogP) is 2.52. The van der Waals surface area contributed by atoms with Crippen LogP contribution in [0.15, 0.2) is 30.3 Å². The van der Waals surface area contributed by atoms with E-state index in [1.165, 1.54) is 12.2 Å². The fraction of sp³-hybridized carbons (Fsp3) is 0.400. The number of carbonyl (C=O) groups is 3. The van der Waals surface area contributed by atoms with Crippen LogP contribution in [-0.2, 0) is 14.3 Å². The molecule has 2 atom stereocenters. The maximum atomic E-state index is 11.9. The van der Waals surface area contributed by atoms with Crippen molar-refractivity contribution in [3.8, 4) is 6.07 Å². The van der Waals surface area contributed by atoms with Crippen LogP contribution in [0, 0.1) is 17.2 Å². The first kappa shape index (κ1) is 20.2. The Hall–Kier alpha value is -3.14. The number of esters is 1. The van der Waals surface area contributed by atoms with Gasteiger partial charge in [-0.25, -0.2) is 9.59 Å². The number of nitriles is 1. The van der Waals surface area contributed by atoms with Crippen LogP contribution in [0.25, 0.3) is 6.08 Å². The Bertz CT molecular complexity index is 749. The van der Waals surface area contributed by atoms with Crippen molar-refractivity contribution in [2.45, 2.75) is 38.6 Å². The number of amides is 3. The van der Waals surface area contributed by atoms with Gasteiger partial charge in [-0.05, 0) is 42.5 Å². The molecule has 0 heterocycles. The fourth-order valence-corrected chi connectivity index (χ4v) is 2.92. The Morgan fingerprint density at radius 3 is 2.59 bits per heavy atom. The predicted molar refractivity (Wildman–Crippen MR) is 99.2 cm³/mol. The zero-order valence-corrected chi connectivity index (χ0v) is 15.2. The largest absolute Gasteiger partial charge is 0.452 e. The second-order valence-electron chi connectivity index (χ2n) is 6.56. The summed E-state index contributed by atoms with van der Waals surface area (Å²) in [6.07, 6.45) is 6.87. The minimum absolute atomic E-state index is 0.0597. The van der Waals surface area contributed by atoms with Gasteiger partial charge < -0.3 is 10.1 Å². The van der Waals surface area contributed by atoms with Crippen LogP contribution in [0.5, 0.6) is 0 Å². The summed E-state index contributed by atoms with van der Waals surface area (Å²) in [4.78, 5) is 35.2. The average molecular weight is 369 g/mol. The standard InChI is InChI=1S/C20H23N3O4/c1-14-4-2-3-5-17(14)22-20(26)23-18(24)13-27-19(25)11-10-15-6-8-16(12-21)9-7-15/h6-11,14,17H,2-5,13H2,1H3,(H2,22,23,24,26)/b11-10+/t14-,17-/m0/s1. The normalized spacial score (nSPS) is 19.1. The van der Waals surface area contributed by atoms with Gasteiger partial charge >= 0.3 is 12.0 Å². The summed E-state index contributed by atoms with van der Waals surface area (Å²) in [6, 6.07) is 8.13. The second-order valence-corrected chi connectivity index (χ2v) is 6.56. The Kier molecular flexibility index (Phi) is 7.56. The maximum Gasteiger partial charge on any atom is 0.331 e. The Morgan fingerprint density at radius 1 is 1.22 bits per heavy atom. The first-order valence-corrected chi connectivity index (χ1v) is 8.93. The number of urea groups is 1. The SMILES string of the molecule is C[C@H]1CCCC[C@@H]1NC(=O)NC(=O)COC(=O)/C=C/c1ccc(C#N)cc1. The Morgan fingerprint density at radius 2 is 1.93 bits per heavy atom. The molecule has 1 aliphatic carbocycles. The first-order valence-electron chi connectivity index (χ1n) is 8.93. The highest BCUT2D eigenvalue weighted by Crippen LogP contribution is 2.23. The van der Waals surface area contributed by atoms with E-state index in [1.807, 2.05) is 6.07 Å². The lowest BCUT2D eigenvalue weighted by Gasteiger charge is -2.29. The quantitative estimate of drug-likeness (QED) is 0.612. The number of hydrogen-bond acceptors (Lipinski definition) is 5. The van der Waals surface area contributed by atoms with E-state index in [9.17, 15) is 14.4 Å². The molecule has 0 saturated heterocycles. The number of hydrogen-bond donors (Lipinski definition) is 2. The highest BCUT2D eigenvalue weighted by atomic mass is 16.5. The number of nitrogens with one attached hydrogen (secondary N) is 2. The van der Waals surface area contributed by atoms with E-state index in [1.54, 1.807) is 24.3 Å². The second kappa shape index (κ2) is 10.1. The zero-order valence-electron chi connectivity index (χ0n) is 15.2. The number of rotatable bonds is 5. The molecule has 0 unspecified atom stereocenters. The van der Waals surface area contributed by atoms with Gasteiger partial charge in [0.05, 0.1) is 11.6 Å². The van der Waals surface area contributed by atoms with Gasteiger partial charge in [0.1, 0.15) is 0 Å². The van der Waals surface area contributed by atoms with Crippen molar-refractivity contribution in [1.29, 1.82) is 5.26 Å². The first-order chi connectivity index (χ1) is 13.0. The van der Waals surface area contributed by atoms with Crippen LogP contribution < -0.4 is 10.6 Å². The molecule has 0 aliphatic heterocycles. The van der Waals surface area contributed by atoms with Crippen molar-refractivity contribution < 1.29 is 19.1 Å². The molecule has 1 aliphatic rings. The molecule has 7 nitrogen and oxygen atoms in total. The molecule has 2 rings (SSSR count). The topological polar surface area (TPSA) is 108 Å². The lowest BCUT2D eigenvalue weighted by molar-refractivity contribution is -0.143. The number of ether oxygens (including phenoxy) is 1. The van der Waals surface area contributed by atoms with Crippen molar-refractivity contribution in [1.82, 2.24) is 10.6 Å². The molecule has 27 heavy (non-hydrogen) atoms. The van der Waals surface area contributed by atoms with Gasteiger partial charge in [0.15, 0.2) is 6.61 Å². The highest BCUT2D eigenvalue weighted by molar-refractivity contribution is 5.96. The van der Waals surface area contributed by atoms with E-state index in [0.29, 0.717) is 11.5 Å². The molecule has 0 bridgehead atoms. The summed E-state index contributed by atoms with van der Waals surface area (Å²) < 4.78 is 4.81. The number of carbonyl (C=O) groups excluding carboxylic acids is 3. The summed E-state index contributed by atoms with van der Waals surface area (Å²) in [7, 11) is 0. The van der Waals surface area contributed by atoms with Gasteiger partial charge in [-0.1, -0.05) is 31.9 Å².